The molecule has 0 aliphatic heterocycles. The number of primary amides is 1. The molecule has 3 rings (SSSR count). The van der Waals surface area contributed by atoms with Crippen molar-refractivity contribution in [2.75, 3.05) is 11.9 Å². The van der Waals surface area contributed by atoms with Gasteiger partial charge >= 0.3 is 6.09 Å². The van der Waals surface area contributed by atoms with Crippen molar-refractivity contribution in [2.45, 2.75) is 58.1 Å². The van der Waals surface area contributed by atoms with Crippen LogP contribution >= 0.6 is 0 Å². The fourth-order valence-electron chi connectivity index (χ4n) is 3.70. The number of hydrogen-bond acceptors (Lipinski definition) is 5. The molecule has 0 saturated heterocycles. The van der Waals surface area contributed by atoms with E-state index in [2.05, 4.69) is 15.7 Å². The van der Waals surface area contributed by atoms with E-state index in [1.807, 2.05) is 39.1 Å². The van der Waals surface area contributed by atoms with Gasteiger partial charge in [0.1, 0.15) is 5.60 Å². The second-order valence-corrected chi connectivity index (χ2v) is 8.31. The molecule has 0 spiro atoms. The van der Waals surface area contributed by atoms with Gasteiger partial charge in [0.15, 0.2) is 0 Å². The van der Waals surface area contributed by atoms with Gasteiger partial charge in [-0.1, -0.05) is 12.8 Å². The lowest BCUT2D eigenvalue weighted by atomic mass is 9.84. The van der Waals surface area contributed by atoms with Crippen molar-refractivity contribution in [1.29, 1.82) is 0 Å². The van der Waals surface area contributed by atoms with Crippen molar-refractivity contribution >= 4 is 23.2 Å². The molecule has 0 bridgehead atoms. The Morgan fingerprint density at radius 2 is 2.07 bits per heavy atom. The molecule has 8 heteroatoms. The largest absolute Gasteiger partial charge is 0.444 e. The van der Waals surface area contributed by atoms with Crippen LogP contribution in [0.1, 0.15) is 56.8 Å². The van der Waals surface area contributed by atoms with E-state index < -0.39 is 11.5 Å². The third kappa shape index (κ3) is 4.74. The number of rotatable bonds is 5. The highest BCUT2D eigenvalue weighted by molar-refractivity contribution is 6.01. The average Bonchev–Trinajstić information content (AvgIpc) is 3.07. The molecule has 152 valence electrons. The first-order valence-electron chi connectivity index (χ1n) is 9.74. The Morgan fingerprint density at radius 3 is 2.79 bits per heavy atom. The Kier molecular flexibility index (Phi) is 5.76. The summed E-state index contributed by atoms with van der Waals surface area (Å²) in [5.74, 6) is -0.295. The summed E-state index contributed by atoms with van der Waals surface area (Å²) < 4.78 is 7.11. The molecule has 2 amide bonds. The van der Waals surface area contributed by atoms with Crippen molar-refractivity contribution in [1.82, 2.24) is 14.9 Å². The number of anilines is 1. The van der Waals surface area contributed by atoms with Crippen LogP contribution in [0.2, 0.25) is 0 Å². The summed E-state index contributed by atoms with van der Waals surface area (Å²) in [6, 6.07) is 3.78. The summed E-state index contributed by atoms with van der Waals surface area (Å²) in [6.45, 7) is 6.17. The lowest BCUT2D eigenvalue weighted by Gasteiger charge is -2.33. The summed E-state index contributed by atoms with van der Waals surface area (Å²) in [4.78, 5) is 24.0. The summed E-state index contributed by atoms with van der Waals surface area (Å²) in [7, 11) is 0. The van der Waals surface area contributed by atoms with E-state index in [4.69, 9.17) is 10.5 Å². The summed E-state index contributed by atoms with van der Waals surface area (Å²) >= 11 is 0. The number of aromatic nitrogens is 2. The van der Waals surface area contributed by atoms with Gasteiger partial charge < -0.3 is 21.1 Å². The van der Waals surface area contributed by atoms with E-state index in [-0.39, 0.29) is 18.1 Å². The van der Waals surface area contributed by atoms with E-state index in [0.29, 0.717) is 17.8 Å². The molecule has 0 aromatic carbocycles. The fourth-order valence-corrected chi connectivity index (χ4v) is 3.70. The first kappa shape index (κ1) is 20.0. The molecular weight excluding hydrogens is 358 g/mol. The summed E-state index contributed by atoms with van der Waals surface area (Å²) in [6.07, 6.45) is 6.99. The molecular formula is C20H29N5O3. The predicted molar refractivity (Wildman–Crippen MR) is 107 cm³/mol. The molecule has 1 aliphatic carbocycles. The lowest BCUT2D eigenvalue weighted by Crippen LogP contribution is -2.46. The number of nitrogens with two attached hydrogens (primary N) is 1. The fraction of sp³-hybridized carbons (Fsp3) is 0.550. The molecule has 1 fully saturated rings. The Bertz CT molecular complexity index is 855. The van der Waals surface area contributed by atoms with Crippen molar-refractivity contribution in [2.24, 2.45) is 11.7 Å². The maximum Gasteiger partial charge on any atom is 0.407 e. The van der Waals surface area contributed by atoms with Gasteiger partial charge in [-0.3, -0.25) is 4.79 Å². The van der Waals surface area contributed by atoms with Crippen LogP contribution in [0, 0.1) is 5.92 Å². The monoisotopic (exact) mass is 387 g/mol. The normalized spacial score (nSPS) is 20.0. The molecule has 0 unspecified atom stereocenters. The van der Waals surface area contributed by atoms with E-state index in [9.17, 15) is 9.59 Å². The molecule has 1 saturated carbocycles. The molecule has 4 N–H and O–H groups in total. The molecule has 8 nitrogen and oxygen atoms in total. The maximum absolute atomic E-state index is 12.2. The Morgan fingerprint density at radius 1 is 1.32 bits per heavy atom. The number of fused-ring (bicyclic) bond motifs is 1. The Balaban J connectivity index is 1.72. The summed E-state index contributed by atoms with van der Waals surface area (Å²) in [5, 5.41) is 10.6. The molecule has 2 atom stereocenters. The third-order valence-corrected chi connectivity index (χ3v) is 4.98. The first-order valence-corrected chi connectivity index (χ1v) is 9.74. The van der Waals surface area contributed by atoms with E-state index in [1.54, 1.807) is 4.52 Å². The number of alkyl carbamates (subject to hydrolysis) is 1. The van der Waals surface area contributed by atoms with Gasteiger partial charge in [0, 0.05) is 18.8 Å². The number of hydrogen-bond donors (Lipinski definition) is 3. The predicted octanol–water partition coefficient (Wildman–Crippen LogP) is 2.93. The molecule has 2 heterocycles. The van der Waals surface area contributed by atoms with Crippen LogP contribution in [0.5, 0.6) is 0 Å². The minimum Gasteiger partial charge on any atom is -0.444 e. The highest BCUT2D eigenvalue weighted by Gasteiger charge is 2.28. The zero-order valence-electron chi connectivity index (χ0n) is 16.7. The van der Waals surface area contributed by atoms with Crippen LogP contribution in [0.15, 0.2) is 24.5 Å². The molecule has 0 radical (unpaired) electrons. The Labute approximate surface area is 164 Å². The van der Waals surface area contributed by atoms with Crippen LogP contribution in [-0.4, -0.2) is 39.8 Å². The lowest BCUT2D eigenvalue weighted by molar-refractivity contribution is 0.0472. The zero-order valence-corrected chi connectivity index (χ0v) is 16.7. The van der Waals surface area contributed by atoms with Crippen LogP contribution in [0.3, 0.4) is 0 Å². The Hall–Kier alpha value is -2.77. The van der Waals surface area contributed by atoms with Gasteiger partial charge in [0.2, 0.25) is 0 Å². The second-order valence-electron chi connectivity index (χ2n) is 8.31. The maximum atomic E-state index is 12.2. The van der Waals surface area contributed by atoms with Gasteiger partial charge in [-0.15, -0.1) is 0 Å². The zero-order chi connectivity index (χ0) is 20.3. The van der Waals surface area contributed by atoms with Gasteiger partial charge in [0.05, 0.1) is 23.0 Å². The molecule has 2 aromatic heterocycles. The number of carbonyl (C=O) groups excluding carboxylic acids is 2. The number of nitrogens with one attached hydrogen (secondary N) is 2. The van der Waals surface area contributed by atoms with Gasteiger partial charge in [-0.2, -0.15) is 5.10 Å². The van der Waals surface area contributed by atoms with Crippen molar-refractivity contribution < 1.29 is 14.3 Å². The number of nitrogens with zero attached hydrogens (tertiary/aromatic N) is 2. The highest BCUT2D eigenvalue weighted by atomic mass is 16.6. The molecule has 2 aromatic rings. The topological polar surface area (TPSA) is 111 Å². The molecule has 1 aliphatic rings. The number of carbonyl (C=O) groups is 2. The smallest absolute Gasteiger partial charge is 0.407 e. The second kappa shape index (κ2) is 8.08. The van der Waals surface area contributed by atoms with E-state index >= 15 is 0 Å². The van der Waals surface area contributed by atoms with Crippen LogP contribution in [0.4, 0.5) is 10.5 Å². The van der Waals surface area contributed by atoms with Crippen LogP contribution in [0.25, 0.3) is 5.52 Å². The van der Waals surface area contributed by atoms with Gasteiger partial charge in [0.25, 0.3) is 5.91 Å². The van der Waals surface area contributed by atoms with Crippen molar-refractivity contribution in [3.63, 3.8) is 0 Å². The number of ether oxygens (including phenoxy) is 1. The third-order valence-electron chi connectivity index (χ3n) is 4.98. The van der Waals surface area contributed by atoms with Gasteiger partial charge in [-0.25, -0.2) is 9.31 Å². The van der Waals surface area contributed by atoms with Crippen LogP contribution in [-0.2, 0) is 4.74 Å². The first-order chi connectivity index (χ1) is 13.2. The summed E-state index contributed by atoms with van der Waals surface area (Å²) in [5.41, 5.74) is 6.84. The minimum absolute atomic E-state index is 0.0257. The molecule has 28 heavy (non-hydrogen) atoms. The average molecular weight is 387 g/mol. The minimum atomic E-state index is -0.527. The number of amides is 2. The van der Waals surface area contributed by atoms with Crippen LogP contribution < -0.4 is 16.4 Å². The van der Waals surface area contributed by atoms with E-state index in [0.717, 1.165) is 31.2 Å². The van der Waals surface area contributed by atoms with E-state index in [1.165, 1.54) is 6.20 Å². The van der Waals surface area contributed by atoms with Crippen molar-refractivity contribution in [3.05, 3.63) is 30.1 Å². The standard InChI is InChI=1S/C20H29N5O3/c1-20(2,3)28-19(27)24-15-8-5-4-7-13(15)11-22-17-14(18(21)26)12-23-25-10-6-9-16(17)25/h6,9-10,12-13,15,22H,4-5,7-8,11H2,1-3H3,(H2,21,26)(H,24,27)/t13-,15+/m0/s1. The van der Waals surface area contributed by atoms with Gasteiger partial charge in [-0.05, 0) is 51.7 Å². The van der Waals surface area contributed by atoms with Crippen molar-refractivity contribution in [3.8, 4) is 0 Å². The highest BCUT2D eigenvalue weighted by Crippen LogP contribution is 2.27. The quantitative estimate of drug-likeness (QED) is 0.730. The SMILES string of the molecule is CC(C)(C)OC(=O)N[C@@H]1CCCC[C@H]1CNc1c(C(N)=O)cnn2cccc12.